The predicted octanol–water partition coefficient (Wildman–Crippen LogP) is 1.33. The fraction of sp³-hybridized carbons (Fsp3) is 0.400. The molecule has 146 valence electrons. The van der Waals surface area contributed by atoms with Crippen LogP contribution >= 0.6 is 0 Å². The Morgan fingerprint density at radius 3 is 2.79 bits per heavy atom. The topological polar surface area (TPSA) is 85.7 Å². The van der Waals surface area contributed by atoms with Crippen molar-refractivity contribution < 1.29 is 9.32 Å². The highest BCUT2D eigenvalue weighted by Crippen LogP contribution is 2.29. The molecule has 2 aromatic rings. The highest BCUT2D eigenvalue weighted by atomic mass is 16.5. The number of nitrogens with one attached hydrogen (secondary N) is 3. The largest absolute Gasteiger partial charge is 0.350 e. The number of amides is 1. The third-order valence-corrected chi connectivity index (χ3v) is 5.76. The minimum Gasteiger partial charge on any atom is -0.350 e. The lowest BCUT2D eigenvalue weighted by molar-refractivity contribution is 0.0733. The first kappa shape index (κ1) is 17.3. The SMILES string of the molecule is CN1CC(C2=CN([C@H]3C[C@H](NC(=O)c4cc(-c5ccccc5)no4)C3)NN2)C1. The van der Waals surface area contributed by atoms with E-state index in [1.807, 2.05) is 30.3 Å². The molecule has 1 amide bonds. The van der Waals surface area contributed by atoms with E-state index in [0.717, 1.165) is 31.5 Å². The summed E-state index contributed by atoms with van der Waals surface area (Å²) in [4.78, 5) is 14.7. The smallest absolute Gasteiger partial charge is 0.290 e. The van der Waals surface area contributed by atoms with Gasteiger partial charge >= 0.3 is 0 Å². The zero-order valence-corrected chi connectivity index (χ0v) is 15.8. The fourth-order valence-corrected chi connectivity index (χ4v) is 3.96. The van der Waals surface area contributed by atoms with Gasteiger partial charge in [-0.05, 0) is 19.9 Å². The number of benzene rings is 1. The molecule has 0 spiro atoms. The number of nitrogens with zero attached hydrogens (tertiary/aromatic N) is 3. The Bertz CT molecular complexity index is 883. The van der Waals surface area contributed by atoms with Crippen molar-refractivity contribution >= 4 is 5.91 Å². The third kappa shape index (κ3) is 3.25. The van der Waals surface area contributed by atoms with Crippen LogP contribution < -0.4 is 16.3 Å². The summed E-state index contributed by atoms with van der Waals surface area (Å²) in [6.45, 7) is 2.19. The number of rotatable bonds is 5. The number of hydrogen-bond acceptors (Lipinski definition) is 7. The van der Waals surface area contributed by atoms with E-state index in [1.54, 1.807) is 6.07 Å². The first-order valence-electron chi connectivity index (χ1n) is 9.69. The molecule has 8 heteroatoms. The molecule has 1 aliphatic carbocycles. The zero-order valence-electron chi connectivity index (χ0n) is 15.8. The summed E-state index contributed by atoms with van der Waals surface area (Å²) in [6.07, 6.45) is 3.96. The quantitative estimate of drug-likeness (QED) is 0.722. The minimum atomic E-state index is -0.209. The minimum absolute atomic E-state index is 0.150. The molecule has 0 atom stereocenters. The van der Waals surface area contributed by atoms with Crippen LogP contribution in [-0.4, -0.2) is 53.2 Å². The highest BCUT2D eigenvalue weighted by Gasteiger charge is 2.38. The van der Waals surface area contributed by atoms with Gasteiger partial charge in [-0.2, -0.15) is 0 Å². The van der Waals surface area contributed by atoms with Crippen LogP contribution in [0.1, 0.15) is 23.4 Å². The average Bonchev–Trinajstić information content (AvgIpc) is 3.32. The van der Waals surface area contributed by atoms with Crippen LogP contribution in [0.2, 0.25) is 0 Å². The van der Waals surface area contributed by atoms with Gasteiger partial charge in [0.15, 0.2) is 0 Å². The molecule has 0 bridgehead atoms. The second kappa shape index (κ2) is 6.96. The molecule has 3 N–H and O–H groups in total. The Morgan fingerprint density at radius 1 is 1.25 bits per heavy atom. The van der Waals surface area contributed by atoms with E-state index >= 15 is 0 Å². The van der Waals surface area contributed by atoms with Gasteiger partial charge in [-0.3, -0.25) is 9.80 Å². The van der Waals surface area contributed by atoms with Gasteiger partial charge in [0, 0.05) is 42.9 Å². The van der Waals surface area contributed by atoms with Crippen LogP contribution in [0.3, 0.4) is 0 Å². The van der Waals surface area contributed by atoms with Gasteiger partial charge in [-0.1, -0.05) is 35.5 Å². The van der Waals surface area contributed by atoms with Crippen molar-refractivity contribution in [2.24, 2.45) is 5.92 Å². The molecule has 1 aromatic carbocycles. The van der Waals surface area contributed by atoms with Crippen molar-refractivity contribution in [2.75, 3.05) is 20.1 Å². The van der Waals surface area contributed by atoms with E-state index in [1.165, 1.54) is 5.70 Å². The fourth-order valence-electron chi connectivity index (χ4n) is 3.96. The molecule has 0 unspecified atom stereocenters. The lowest BCUT2D eigenvalue weighted by Crippen LogP contribution is -2.56. The van der Waals surface area contributed by atoms with E-state index in [0.29, 0.717) is 17.7 Å². The van der Waals surface area contributed by atoms with Crippen molar-refractivity contribution in [1.29, 1.82) is 0 Å². The Kier molecular flexibility index (Phi) is 4.29. The van der Waals surface area contributed by atoms with Crippen molar-refractivity contribution in [3.05, 3.63) is 54.1 Å². The number of aromatic nitrogens is 1. The molecule has 1 aromatic heterocycles. The summed E-state index contributed by atoms with van der Waals surface area (Å²) in [7, 11) is 2.13. The van der Waals surface area contributed by atoms with E-state index < -0.39 is 0 Å². The summed E-state index contributed by atoms with van der Waals surface area (Å²) in [5.74, 6) is 0.627. The van der Waals surface area contributed by atoms with Crippen LogP contribution in [0, 0.1) is 5.92 Å². The van der Waals surface area contributed by atoms with Gasteiger partial charge in [0.25, 0.3) is 5.91 Å². The van der Waals surface area contributed by atoms with Crippen LogP contribution in [-0.2, 0) is 0 Å². The van der Waals surface area contributed by atoms with Gasteiger partial charge in [-0.15, -0.1) is 5.53 Å². The Morgan fingerprint density at radius 2 is 2.04 bits per heavy atom. The summed E-state index contributed by atoms with van der Waals surface area (Å²) in [5.41, 5.74) is 9.36. The average molecular weight is 380 g/mol. The van der Waals surface area contributed by atoms with Gasteiger partial charge < -0.3 is 20.2 Å². The molecule has 2 fully saturated rings. The van der Waals surface area contributed by atoms with E-state index in [4.69, 9.17) is 4.52 Å². The van der Waals surface area contributed by atoms with E-state index in [-0.39, 0.29) is 17.7 Å². The Balaban J connectivity index is 1.12. The molecule has 1 saturated carbocycles. The van der Waals surface area contributed by atoms with Crippen molar-refractivity contribution in [1.82, 2.24) is 31.3 Å². The van der Waals surface area contributed by atoms with Gasteiger partial charge in [0.2, 0.25) is 5.76 Å². The van der Waals surface area contributed by atoms with Crippen LogP contribution in [0.4, 0.5) is 0 Å². The van der Waals surface area contributed by atoms with Crippen molar-refractivity contribution in [3.63, 3.8) is 0 Å². The number of carbonyl (C=O) groups is 1. The molecule has 8 nitrogen and oxygen atoms in total. The lowest BCUT2D eigenvalue weighted by Gasteiger charge is -2.40. The maximum atomic E-state index is 12.4. The molecule has 3 aliphatic rings. The third-order valence-electron chi connectivity index (χ3n) is 5.76. The molecular weight excluding hydrogens is 356 g/mol. The monoisotopic (exact) mass is 380 g/mol. The van der Waals surface area contributed by atoms with Crippen LogP contribution in [0.5, 0.6) is 0 Å². The first-order valence-corrected chi connectivity index (χ1v) is 9.69. The number of likely N-dealkylation sites (tertiary alicyclic amines) is 1. The maximum Gasteiger partial charge on any atom is 0.290 e. The number of hydrazine groups is 2. The summed E-state index contributed by atoms with van der Waals surface area (Å²) in [5, 5.41) is 9.17. The molecule has 1 saturated heterocycles. The Labute approximate surface area is 163 Å². The number of hydrogen-bond donors (Lipinski definition) is 3. The van der Waals surface area contributed by atoms with Crippen LogP contribution in [0.15, 0.2) is 52.8 Å². The van der Waals surface area contributed by atoms with Gasteiger partial charge in [0.05, 0.1) is 11.7 Å². The van der Waals surface area contributed by atoms with Gasteiger partial charge in [0.1, 0.15) is 5.69 Å². The van der Waals surface area contributed by atoms with Crippen LogP contribution in [0.25, 0.3) is 11.3 Å². The molecular formula is C20H24N6O2. The maximum absolute atomic E-state index is 12.4. The summed E-state index contributed by atoms with van der Waals surface area (Å²) < 4.78 is 5.24. The summed E-state index contributed by atoms with van der Waals surface area (Å²) in [6, 6.07) is 11.9. The first-order chi connectivity index (χ1) is 13.7. The van der Waals surface area contributed by atoms with Crippen molar-refractivity contribution in [2.45, 2.75) is 24.9 Å². The summed E-state index contributed by atoms with van der Waals surface area (Å²) >= 11 is 0. The number of carbonyl (C=O) groups excluding carboxylic acids is 1. The molecule has 5 rings (SSSR count). The second-order valence-electron chi connectivity index (χ2n) is 7.88. The normalized spacial score (nSPS) is 24.9. The molecule has 2 aliphatic heterocycles. The lowest BCUT2D eigenvalue weighted by atomic mass is 9.86. The Hall–Kier alpha value is -2.84. The molecule has 28 heavy (non-hydrogen) atoms. The van der Waals surface area contributed by atoms with Gasteiger partial charge in [-0.25, -0.2) is 0 Å². The second-order valence-corrected chi connectivity index (χ2v) is 7.88. The predicted molar refractivity (Wildman–Crippen MR) is 103 cm³/mol. The molecule has 3 heterocycles. The molecule has 0 radical (unpaired) electrons. The highest BCUT2D eigenvalue weighted by molar-refractivity contribution is 5.92. The zero-order chi connectivity index (χ0) is 19.1. The van der Waals surface area contributed by atoms with E-state index in [9.17, 15) is 4.79 Å². The van der Waals surface area contributed by atoms with Crippen molar-refractivity contribution in [3.8, 4) is 11.3 Å². The van der Waals surface area contributed by atoms with E-state index in [2.05, 4.69) is 44.6 Å². The standard InChI is InChI=1S/C20H24N6O2/c1-25-10-14(11-25)18-12-26(24-22-18)16-7-15(8-16)21-20(27)19-9-17(23-28-19)13-5-3-2-4-6-13/h2-6,9,12,14-16,22,24H,7-8,10-11H2,1H3,(H,21,27)/t15-,16-.